The van der Waals surface area contributed by atoms with Gasteiger partial charge in [0.15, 0.2) is 8.32 Å². The van der Waals surface area contributed by atoms with Crippen LogP contribution < -0.4 is 0 Å². The van der Waals surface area contributed by atoms with Gasteiger partial charge >= 0.3 is 0 Å². The zero-order valence-electron chi connectivity index (χ0n) is 13.9. The fourth-order valence-corrected chi connectivity index (χ4v) is 2.66. The second kappa shape index (κ2) is 7.00. The van der Waals surface area contributed by atoms with Crippen molar-refractivity contribution in [3.05, 3.63) is 0 Å². The molecule has 0 amide bonds. The molecule has 0 aliphatic heterocycles. The summed E-state index contributed by atoms with van der Waals surface area (Å²) in [6, 6.07) is 0. The maximum Gasteiger partial charge on any atom is 0.191 e. The second-order valence-corrected chi connectivity index (χ2v) is 12.2. The van der Waals surface area contributed by atoms with Gasteiger partial charge in [-0.1, -0.05) is 41.5 Å². The van der Waals surface area contributed by atoms with Crippen molar-refractivity contribution in [3.8, 4) is 0 Å². The van der Waals surface area contributed by atoms with Gasteiger partial charge < -0.3 is 9.53 Å². The van der Waals surface area contributed by atoms with Crippen molar-refractivity contribution in [2.45, 2.75) is 72.2 Å². The maximum atomic E-state index is 12.0. The zero-order valence-corrected chi connectivity index (χ0v) is 14.9. The Bertz CT molecular complexity index is 292. The molecule has 4 heteroatoms. The molecule has 114 valence electrons. The van der Waals surface area contributed by atoms with E-state index in [0.29, 0.717) is 13.0 Å². The average Bonchev–Trinajstić information content (AvgIpc) is 2.24. The van der Waals surface area contributed by atoms with Crippen molar-refractivity contribution in [2.24, 2.45) is 11.8 Å². The molecule has 0 fully saturated rings. The lowest BCUT2D eigenvalue weighted by Crippen LogP contribution is -2.41. The molecule has 1 N–H and O–H groups in total. The van der Waals surface area contributed by atoms with Gasteiger partial charge in [-0.05, 0) is 24.1 Å². The Balaban J connectivity index is 4.26. The van der Waals surface area contributed by atoms with Crippen LogP contribution in [0, 0.1) is 11.8 Å². The van der Waals surface area contributed by atoms with Crippen LogP contribution >= 0.6 is 0 Å². The van der Waals surface area contributed by atoms with E-state index in [9.17, 15) is 9.90 Å². The molecule has 0 unspecified atom stereocenters. The van der Waals surface area contributed by atoms with Gasteiger partial charge in [0.05, 0.1) is 6.10 Å². The molecule has 0 heterocycles. The van der Waals surface area contributed by atoms with Crippen molar-refractivity contribution in [3.63, 3.8) is 0 Å². The van der Waals surface area contributed by atoms with Crippen molar-refractivity contribution < 1.29 is 14.3 Å². The first-order chi connectivity index (χ1) is 8.40. The summed E-state index contributed by atoms with van der Waals surface area (Å²) in [6.45, 7) is 17.1. The third kappa shape index (κ3) is 5.75. The lowest BCUT2D eigenvalue weighted by atomic mass is 9.90. The Labute approximate surface area is 119 Å². The zero-order chi connectivity index (χ0) is 15.4. The van der Waals surface area contributed by atoms with Gasteiger partial charge in [-0.15, -0.1) is 0 Å². The van der Waals surface area contributed by atoms with E-state index in [0.717, 1.165) is 0 Å². The Kier molecular flexibility index (Phi) is 6.93. The summed E-state index contributed by atoms with van der Waals surface area (Å²) in [7, 11) is -1.77. The van der Waals surface area contributed by atoms with Crippen LogP contribution in [0.15, 0.2) is 0 Å². The normalized spacial score (nSPS) is 16.5. The maximum absolute atomic E-state index is 12.0. The van der Waals surface area contributed by atoms with Crippen LogP contribution in [0.5, 0.6) is 0 Å². The molecule has 0 aromatic rings. The average molecular weight is 289 g/mol. The molecule has 0 aromatic heterocycles. The van der Waals surface area contributed by atoms with Gasteiger partial charge in [-0.3, -0.25) is 4.79 Å². The third-order valence-electron chi connectivity index (χ3n) is 4.32. The van der Waals surface area contributed by atoms with Crippen LogP contribution in [0.1, 0.15) is 48.0 Å². The number of aliphatic hydroxyl groups excluding tert-OH is 1. The van der Waals surface area contributed by atoms with E-state index >= 15 is 0 Å². The fraction of sp³-hybridized carbons (Fsp3) is 0.933. The van der Waals surface area contributed by atoms with Crippen LogP contribution in [0.25, 0.3) is 0 Å². The number of ketones is 1. The van der Waals surface area contributed by atoms with Gasteiger partial charge in [-0.25, -0.2) is 0 Å². The van der Waals surface area contributed by atoms with E-state index in [4.69, 9.17) is 4.43 Å². The monoisotopic (exact) mass is 288 g/mol. The Morgan fingerprint density at radius 1 is 1.21 bits per heavy atom. The number of rotatable bonds is 7. The summed E-state index contributed by atoms with van der Waals surface area (Å²) >= 11 is 0. The molecular formula is C15H32O3Si. The van der Waals surface area contributed by atoms with Crippen LogP contribution in [0.3, 0.4) is 0 Å². The van der Waals surface area contributed by atoms with Crippen molar-refractivity contribution in [1.29, 1.82) is 0 Å². The lowest BCUT2D eigenvalue weighted by Gasteiger charge is -2.36. The van der Waals surface area contributed by atoms with Crippen molar-refractivity contribution in [2.75, 3.05) is 6.61 Å². The SMILES string of the molecule is CC(C)[C@H](O)[C@H](C)C(=O)CCO[Si](C)(C)C(C)(C)C. The number of aliphatic hydroxyl groups is 1. The molecule has 0 spiro atoms. The summed E-state index contributed by atoms with van der Waals surface area (Å²) in [6.07, 6.45) is -0.155. The molecule has 0 aromatic carbocycles. The van der Waals surface area contributed by atoms with Gasteiger partial charge in [0.1, 0.15) is 5.78 Å². The highest BCUT2D eigenvalue weighted by molar-refractivity contribution is 6.74. The molecule has 0 radical (unpaired) electrons. The number of Topliss-reactive ketones (excluding diaryl/α,β-unsaturated/α-hetero) is 1. The van der Waals surface area contributed by atoms with E-state index in [1.165, 1.54) is 0 Å². The molecule has 2 atom stereocenters. The third-order valence-corrected chi connectivity index (χ3v) is 8.86. The van der Waals surface area contributed by atoms with Crippen LogP contribution in [0.4, 0.5) is 0 Å². The number of carbonyl (C=O) groups excluding carboxylic acids is 1. The first-order valence-corrected chi connectivity index (χ1v) is 10.2. The van der Waals surface area contributed by atoms with Crippen molar-refractivity contribution >= 4 is 14.1 Å². The molecule has 0 saturated heterocycles. The van der Waals surface area contributed by atoms with E-state index in [2.05, 4.69) is 33.9 Å². The minimum atomic E-state index is -1.77. The summed E-state index contributed by atoms with van der Waals surface area (Å²) in [5.41, 5.74) is 0. The Morgan fingerprint density at radius 3 is 2.05 bits per heavy atom. The first kappa shape index (κ1) is 18.8. The number of hydrogen-bond donors (Lipinski definition) is 1. The quantitative estimate of drug-likeness (QED) is 0.728. The smallest absolute Gasteiger partial charge is 0.191 e. The van der Waals surface area contributed by atoms with Gasteiger partial charge in [0.25, 0.3) is 0 Å². The van der Waals surface area contributed by atoms with E-state index in [-0.39, 0.29) is 22.7 Å². The summed E-state index contributed by atoms with van der Waals surface area (Å²) in [4.78, 5) is 12.0. The Hall–Kier alpha value is -0.193. The first-order valence-electron chi connectivity index (χ1n) is 7.25. The highest BCUT2D eigenvalue weighted by Gasteiger charge is 2.37. The van der Waals surface area contributed by atoms with Crippen LogP contribution in [-0.2, 0) is 9.22 Å². The van der Waals surface area contributed by atoms with Crippen LogP contribution in [-0.4, -0.2) is 31.9 Å². The lowest BCUT2D eigenvalue weighted by molar-refractivity contribution is -0.127. The van der Waals surface area contributed by atoms with E-state index in [1.807, 2.05) is 13.8 Å². The van der Waals surface area contributed by atoms with Gasteiger partial charge in [-0.2, -0.15) is 0 Å². The molecule has 0 saturated carbocycles. The predicted octanol–water partition coefficient (Wildman–Crippen LogP) is 3.62. The van der Waals surface area contributed by atoms with E-state index in [1.54, 1.807) is 6.92 Å². The Morgan fingerprint density at radius 2 is 1.68 bits per heavy atom. The second-order valence-electron chi connectivity index (χ2n) is 7.35. The molecule has 0 bridgehead atoms. The topological polar surface area (TPSA) is 46.5 Å². The summed E-state index contributed by atoms with van der Waals surface area (Å²) < 4.78 is 5.99. The van der Waals surface area contributed by atoms with Gasteiger partial charge in [0, 0.05) is 18.9 Å². The molecule has 0 aliphatic rings. The molecule has 0 rings (SSSR count). The largest absolute Gasteiger partial charge is 0.416 e. The highest BCUT2D eigenvalue weighted by Crippen LogP contribution is 2.36. The van der Waals surface area contributed by atoms with Gasteiger partial charge in [0.2, 0.25) is 0 Å². The predicted molar refractivity (Wildman–Crippen MR) is 82.8 cm³/mol. The van der Waals surface area contributed by atoms with E-state index < -0.39 is 14.4 Å². The minimum Gasteiger partial charge on any atom is -0.416 e. The number of hydrogen-bond acceptors (Lipinski definition) is 3. The summed E-state index contributed by atoms with van der Waals surface area (Å²) in [5.74, 6) is -0.0943. The molecular weight excluding hydrogens is 256 g/mol. The molecule has 0 aliphatic carbocycles. The fourth-order valence-electron chi connectivity index (χ4n) is 1.62. The van der Waals surface area contributed by atoms with Crippen LogP contribution in [0.2, 0.25) is 18.1 Å². The van der Waals surface area contributed by atoms with Crippen molar-refractivity contribution in [1.82, 2.24) is 0 Å². The highest BCUT2D eigenvalue weighted by atomic mass is 28.4. The minimum absolute atomic E-state index is 0.0971. The number of carbonyl (C=O) groups is 1. The standard InChI is InChI=1S/C15H32O3Si/c1-11(2)14(17)12(3)13(16)9-10-18-19(7,8)15(4,5)6/h11-12,14,17H,9-10H2,1-8H3/t12-,14+/m1/s1. The molecule has 3 nitrogen and oxygen atoms in total. The molecule has 19 heavy (non-hydrogen) atoms. The summed E-state index contributed by atoms with van der Waals surface area (Å²) in [5, 5.41) is 10.1.